The van der Waals surface area contributed by atoms with Crippen molar-refractivity contribution in [3.05, 3.63) is 23.7 Å². The molecule has 138 valence electrons. The van der Waals surface area contributed by atoms with Crippen molar-refractivity contribution in [2.24, 2.45) is 11.3 Å². The average molecular weight is 346 g/mol. The van der Waals surface area contributed by atoms with E-state index in [1.54, 1.807) is 0 Å². The van der Waals surface area contributed by atoms with Crippen LogP contribution < -0.4 is 5.32 Å². The number of carbonyl (C=O) groups is 1. The predicted octanol–water partition coefficient (Wildman–Crippen LogP) is 2.88. The summed E-state index contributed by atoms with van der Waals surface area (Å²) in [6.07, 6.45) is 6.47. The number of nitrogens with zero attached hydrogens (tertiary/aromatic N) is 1. The molecule has 4 rings (SSSR count). The van der Waals surface area contributed by atoms with E-state index in [2.05, 4.69) is 16.3 Å². The van der Waals surface area contributed by atoms with E-state index in [9.17, 15) is 4.79 Å². The highest BCUT2D eigenvalue weighted by molar-refractivity contribution is 5.77. The molecule has 5 heteroatoms. The number of aryl methyl sites for hydroxylation is 1. The number of likely N-dealkylation sites (tertiary alicyclic amines) is 1. The third kappa shape index (κ3) is 4.09. The van der Waals surface area contributed by atoms with Gasteiger partial charge in [0.2, 0.25) is 5.91 Å². The molecule has 3 heterocycles. The molecule has 1 amide bonds. The molecular formula is C20H30N2O3. The Hall–Kier alpha value is -1.33. The van der Waals surface area contributed by atoms with Crippen LogP contribution in [-0.2, 0) is 16.1 Å². The van der Waals surface area contributed by atoms with Gasteiger partial charge >= 0.3 is 0 Å². The number of hydrogen-bond acceptors (Lipinski definition) is 4. The summed E-state index contributed by atoms with van der Waals surface area (Å²) in [7, 11) is 0. The fourth-order valence-electron chi connectivity index (χ4n) is 4.41. The zero-order chi connectivity index (χ0) is 17.3. The number of ether oxygens (including phenoxy) is 1. The van der Waals surface area contributed by atoms with Crippen LogP contribution in [0.4, 0.5) is 0 Å². The molecule has 0 unspecified atom stereocenters. The van der Waals surface area contributed by atoms with E-state index < -0.39 is 0 Å². The largest absolute Gasteiger partial charge is 0.465 e. The van der Waals surface area contributed by atoms with Crippen molar-refractivity contribution in [1.29, 1.82) is 0 Å². The zero-order valence-electron chi connectivity index (χ0n) is 15.3. The summed E-state index contributed by atoms with van der Waals surface area (Å²) in [5.41, 5.74) is 0.215. The standard InChI is InChI=1S/C20H30N2O3/c1-15-2-5-17(25-15)13-22-9-6-20(7-10-22)8-11-24-14-18(20)21-19(23)12-16-3-4-16/h2,5,16,18H,3-4,6-14H2,1H3,(H,21,23)/t18-/m0/s1. The van der Waals surface area contributed by atoms with Crippen molar-refractivity contribution in [2.45, 2.75) is 58.0 Å². The third-order valence-corrected chi connectivity index (χ3v) is 6.30. The lowest BCUT2D eigenvalue weighted by Gasteiger charge is -2.49. The van der Waals surface area contributed by atoms with Gasteiger partial charge in [0, 0.05) is 13.0 Å². The van der Waals surface area contributed by atoms with Gasteiger partial charge in [-0.3, -0.25) is 9.69 Å². The maximum absolute atomic E-state index is 12.3. The molecule has 1 N–H and O–H groups in total. The summed E-state index contributed by atoms with van der Waals surface area (Å²) in [4.78, 5) is 14.8. The second-order valence-electron chi connectivity index (χ2n) is 8.24. The number of amides is 1. The highest BCUT2D eigenvalue weighted by Crippen LogP contribution is 2.41. The Balaban J connectivity index is 1.34. The van der Waals surface area contributed by atoms with Gasteiger partial charge in [-0.2, -0.15) is 0 Å². The van der Waals surface area contributed by atoms with E-state index in [1.807, 2.05) is 13.0 Å². The van der Waals surface area contributed by atoms with Gasteiger partial charge < -0.3 is 14.5 Å². The fraction of sp³-hybridized carbons (Fsp3) is 0.750. The maximum Gasteiger partial charge on any atom is 0.220 e. The van der Waals surface area contributed by atoms with E-state index in [0.29, 0.717) is 18.9 Å². The Morgan fingerprint density at radius 3 is 2.76 bits per heavy atom. The van der Waals surface area contributed by atoms with E-state index in [1.165, 1.54) is 12.8 Å². The summed E-state index contributed by atoms with van der Waals surface area (Å²) in [6, 6.07) is 4.29. The van der Waals surface area contributed by atoms with Gasteiger partial charge in [-0.05, 0) is 75.6 Å². The van der Waals surface area contributed by atoms with E-state index in [4.69, 9.17) is 9.15 Å². The Morgan fingerprint density at radius 2 is 2.08 bits per heavy atom. The molecule has 25 heavy (non-hydrogen) atoms. The normalized spacial score (nSPS) is 26.7. The lowest BCUT2D eigenvalue weighted by Crippen LogP contribution is -2.57. The molecule has 1 aromatic rings. The molecule has 0 bridgehead atoms. The Morgan fingerprint density at radius 1 is 1.28 bits per heavy atom. The molecule has 1 aromatic heterocycles. The number of nitrogens with one attached hydrogen (secondary N) is 1. The van der Waals surface area contributed by atoms with Gasteiger partial charge in [-0.15, -0.1) is 0 Å². The molecule has 3 aliphatic rings. The van der Waals surface area contributed by atoms with Crippen LogP contribution in [0.15, 0.2) is 16.5 Å². The number of rotatable bonds is 5. The molecule has 0 aromatic carbocycles. The second kappa shape index (κ2) is 7.12. The smallest absolute Gasteiger partial charge is 0.220 e. The van der Waals surface area contributed by atoms with E-state index in [0.717, 1.165) is 57.0 Å². The molecule has 3 fully saturated rings. The maximum atomic E-state index is 12.3. The van der Waals surface area contributed by atoms with Crippen LogP contribution in [0, 0.1) is 18.3 Å². The SMILES string of the molecule is Cc1ccc(CN2CCC3(CCOC[C@@H]3NC(=O)CC3CC3)CC2)o1. The highest BCUT2D eigenvalue weighted by Gasteiger charge is 2.44. The lowest BCUT2D eigenvalue weighted by atomic mass is 9.69. The molecule has 1 aliphatic carbocycles. The van der Waals surface area contributed by atoms with Gasteiger partial charge in [0.1, 0.15) is 11.5 Å². The summed E-state index contributed by atoms with van der Waals surface area (Å²) in [5.74, 6) is 2.89. The van der Waals surface area contributed by atoms with Crippen molar-refractivity contribution < 1.29 is 13.9 Å². The number of piperidine rings is 1. The van der Waals surface area contributed by atoms with Crippen LogP contribution >= 0.6 is 0 Å². The van der Waals surface area contributed by atoms with Crippen LogP contribution in [0.2, 0.25) is 0 Å². The Labute approximate surface area is 150 Å². The first-order chi connectivity index (χ1) is 12.1. The lowest BCUT2D eigenvalue weighted by molar-refractivity contribution is -0.127. The minimum absolute atomic E-state index is 0.181. The summed E-state index contributed by atoms with van der Waals surface area (Å²) >= 11 is 0. The third-order valence-electron chi connectivity index (χ3n) is 6.30. The second-order valence-corrected chi connectivity index (χ2v) is 8.24. The molecule has 5 nitrogen and oxygen atoms in total. The zero-order valence-corrected chi connectivity index (χ0v) is 15.3. The van der Waals surface area contributed by atoms with Gasteiger partial charge in [-0.25, -0.2) is 0 Å². The minimum atomic E-state index is 0.181. The average Bonchev–Trinajstić information content (AvgIpc) is 3.32. The number of hydrogen-bond donors (Lipinski definition) is 1. The van der Waals surface area contributed by atoms with Gasteiger partial charge in [0.25, 0.3) is 0 Å². The molecule has 1 spiro atoms. The van der Waals surface area contributed by atoms with Gasteiger partial charge in [0.05, 0.1) is 19.2 Å². The van der Waals surface area contributed by atoms with Crippen molar-refractivity contribution >= 4 is 5.91 Å². The molecule has 2 aliphatic heterocycles. The topological polar surface area (TPSA) is 54.7 Å². The van der Waals surface area contributed by atoms with Crippen molar-refractivity contribution in [3.8, 4) is 0 Å². The van der Waals surface area contributed by atoms with Crippen LogP contribution in [0.1, 0.15) is 50.0 Å². The monoisotopic (exact) mass is 346 g/mol. The molecule has 1 atom stereocenters. The molecule has 1 saturated carbocycles. The van der Waals surface area contributed by atoms with Crippen LogP contribution in [0.3, 0.4) is 0 Å². The van der Waals surface area contributed by atoms with Gasteiger partial charge in [0.15, 0.2) is 0 Å². The molecule has 0 radical (unpaired) electrons. The van der Waals surface area contributed by atoms with Crippen LogP contribution in [0.5, 0.6) is 0 Å². The summed E-state index contributed by atoms with van der Waals surface area (Å²) < 4.78 is 11.4. The predicted molar refractivity (Wildman–Crippen MR) is 95.1 cm³/mol. The van der Waals surface area contributed by atoms with Crippen LogP contribution in [-0.4, -0.2) is 43.2 Å². The van der Waals surface area contributed by atoms with E-state index >= 15 is 0 Å². The first-order valence-electron chi connectivity index (χ1n) is 9.78. The summed E-state index contributed by atoms with van der Waals surface area (Å²) in [5, 5.41) is 3.32. The minimum Gasteiger partial charge on any atom is -0.465 e. The fourth-order valence-corrected chi connectivity index (χ4v) is 4.41. The van der Waals surface area contributed by atoms with Crippen LogP contribution in [0.25, 0.3) is 0 Å². The Bertz CT molecular complexity index is 600. The summed E-state index contributed by atoms with van der Waals surface area (Å²) in [6.45, 7) is 6.51. The highest BCUT2D eigenvalue weighted by atomic mass is 16.5. The first-order valence-corrected chi connectivity index (χ1v) is 9.78. The van der Waals surface area contributed by atoms with E-state index in [-0.39, 0.29) is 17.4 Å². The molecule has 2 saturated heterocycles. The quantitative estimate of drug-likeness (QED) is 0.891. The first kappa shape index (κ1) is 17.1. The van der Waals surface area contributed by atoms with Gasteiger partial charge in [-0.1, -0.05) is 0 Å². The van der Waals surface area contributed by atoms with Crippen molar-refractivity contribution in [3.63, 3.8) is 0 Å². The van der Waals surface area contributed by atoms with Crippen molar-refractivity contribution in [2.75, 3.05) is 26.3 Å². The van der Waals surface area contributed by atoms with Crippen molar-refractivity contribution in [1.82, 2.24) is 10.2 Å². The number of carbonyl (C=O) groups excluding carboxylic acids is 1. The number of furan rings is 1. The molecular weight excluding hydrogens is 316 g/mol. The Kier molecular flexibility index (Phi) is 4.87.